The van der Waals surface area contributed by atoms with Crippen LogP contribution in [-0.2, 0) is 4.79 Å². The van der Waals surface area contributed by atoms with Gasteiger partial charge >= 0.3 is 6.01 Å². The number of anilines is 1. The van der Waals surface area contributed by atoms with Crippen LogP contribution in [0.15, 0.2) is 61.1 Å². The van der Waals surface area contributed by atoms with Crippen molar-refractivity contribution in [3.05, 3.63) is 66.1 Å². The number of carbonyl (C=O) groups excluding carboxylic acids is 1. The summed E-state index contributed by atoms with van der Waals surface area (Å²) in [4.78, 5) is 32.6. The molecule has 0 bridgehead atoms. The standard InChI is InChI=1S/C31H32ClFN6O2/c1-19-17-38(13-14-39(19)30(40)20(2)33)29-28-26(35-31(36-29)41-18-23-9-6-12-37(23)3)15-22(16-34-28)24-10-4-7-21-8-5-11-25(32)27(21)24/h4-5,7-8,10-11,15-16,19,23H,2,6,9,12-14,17-18H2,1,3H3/t19-,23?/m0/s1. The molecule has 0 saturated carbocycles. The number of amides is 1. The van der Waals surface area contributed by atoms with Crippen molar-refractivity contribution in [3.63, 3.8) is 0 Å². The summed E-state index contributed by atoms with van der Waals surface area (Å²) in [6, 6.07) is 14.3. The van der Waals surface area contributed by atoms with Crippen molar-refractivity contribution in [1.82, 2.24) is 24.8 Å². The molecule has 0 spiro atoms. The summed E-state index contributed by atoms with van der Waals surface area (Å²) in [5.74, 6) is -0.996. The lowest BCUT2D eigenvalue weighted by Crippen LogP contribution is -2.54. The summed E-state index contributed by atoms with van der Waals surface area (Å²) < 4.78 is 19.8. The first-order valence-corrected chi connectivity index (χ1v) is 14.3. The quantitative estimate of drug-likeness (QED) is 0.282. The highest BCUT2D eigenvalue weighted by atomic mass is 35.5. The molecule has 4 aromatic rings. The van der Waals surface area contributed by atoms with Gasteiger partial charge in [-0.1, -0.05) is 48.5 Å². The van der Waals surface area contributed by atoms with E-state index >= 15 is 0 Å². The third kappa shape index (κ3) is 5.31. The van der Waals surface area contributed by atoms with Gasteiger partial charge in [0.2, 0.25) is 0 Å². The van der Waals surface area contributed by atoms with Crippen LogP contribution < -0.4 is 9.64 Å². The molecule has 0 N–H and O–H groups in total. The number of likely N-dealkylation sites (N-methyl/N-ethyl adjacent to an activating group) is 1. The highest BCUT2D eigenvalue weighted by Crippen LogP contribution is 2.36. The van der Waals surface area contributed by atoms with E-state index in [4.69, 9.17) is 31.3 Å². The van der Waals surface area contributed by atoms with Gasteiger partial charge in [0.25, 0.3) is 5.91 Å². The van der Waals surface area contributed by atoms with Crippen LogP contribution in [0.5, 0.6) is 6.01 Å². The molecule has 2 aromatic heterocycles. The van der Waals surface area contributed by atoms with E-state index in [1.165, 1.54) is 4.90 Å². The number of nitrogens with zero attached hydrogens (tertiary/aromatic N) is 6. The first-order chi connectivity index (χ1) is 19.8. The van der Waals surface area contributed by atoms with Gasteiger partial charge in [-0.15, -0.1) is 0 Å². The van der Waals surface area contributed by atoms with E-state index in [-0.39, 0.29) is 12.1 Å². The van der Waals surface area contributed by atoms with Crippen LogP contribution in [0.4, 0.5) is 10.2 Å². The number of benzene rings is 2. The number of pyridine rings is 1. The molecule has 2 saturated heterocycles. The summed E-state index contributed by atoms with van der Waals surface area (Å²) >= 11 is 6.63. The smallest absolute Gasteiger partial charge is 0.319 e. The molecule has 41 heavy (non-hydrogen) atoms. The molecule has 8 nitrogen and oxygen atoms in total. The predicted molar refractivity (Wildman–Crippen MR) is 160 cm³/mol. The third-order valence-electron chi connectivity index (χ3n) is 8.16. The Balaban J connectivity index is 1.40. The molecule has 0 radical (unpaired) electrons. The molecule has 2 aliphatic rings. The average molecular weight is 575 g/mol. The van der Waals surface area contributed by atoms with Crippen molar-refractivity contribution in [1.29, 1.82) is 0 Å². The van der Waals surface area contributed by atoms with Crippen LogP contribution in [0.25, 0.3) is 32.9 Å². The molecule has 2 aromatic carbocycles. The van der Waals surface area contributed by atoms with Crippen LogP contribution in [0.3, 0.4) is 0 Å². The topological polar surface area (TPSA) is 74.7 Å². The fourth-order valence-electron chi connectivity index (χ4n) is 5.92. The van der Waals surface area contributed by atoms with Gasteiger partial charge in [-0.05, 0) is 56.4 Å². The fourth-order valence-corrected chi connectivity index (χ4v) is 6.20. The van der Waals surface area contributed by atoms with Crippen molar-refractivity contribution >= 4 is 45.1 Å². The number of piperazine rings is 1. The van der Waals surface area contributed by atoms with Crippen LogP contribution in [0, 0.1) is 0 Å². The normalized spacial score (nSPS) is 19.7. The number of fused-ring (bicyclic) bond motifs is 2. The number of aromatic nitrogens is 3. The van der Waals surface area contributed by atoms with Gasteiger partial charge in [-0.3, -0.25) is 9.78 Å². The van der Waals surface area contributed by atoms with E-state index in [2.05, 4.69) is 23.4 Å². The average Bonchev–Trinajstić information content (AvgIpc) is 3.39. The lowest BCUT2D eigenvalue weighted by molar-refractivity contribution is -0.131. The van der Waals surface area contributed by atoms with Gasteiger partial charge in [0.05, 0.1) is 5.52 Å². The lowest BCUT2D eigenvalue weighted by Gasteiger charge is -2.40. The Morgan fingerprint density at radius 1 is 1.17 bits per heavy atom. The summed E-state index contributed by atoms with van der Waals surface area (Å²) in [6.07, 6.45) is 4.02. The number of ether oxygens (including phenoxy) is 1. The van der Waals surface area contributed by atoms with Crippen molar-refractivity contribution in [3.8, 4) is 17.1 Å². The Bertz CT molecular complexity index is 1640. The van der Waals surface area contributed by atoms with Gasteiger partial charge in [-0.2, -0.15) is 9.97 Å². The number of hydrogen-bond acceptors (Lipinski definition) is 7. The number of likely N-dealkylation sites (tertiary alicyclic amines) is 1. The molecule has 2 aliphatic heterocycles. The summed E-state index contributed by atoms with van der Waals surface area (Å²) in [5.41, 5.74) is 3.12. The molecular weight excluding hydrogens is 543 g/mol. The van der Waals surface area contributed by atoms with E-state index in [0.717, 1.165) is 41.3 Å². The molecule has 4 heterocycles. The van der Waals surface area contributed by atoms with E-state index in [1.54, 1.807) is 0 Å². The second-order valence-corrected chi connectivity index (χ2v) is 11.3. The SMILES string of the molecule is C=C(F)C(=O)N1CCN(c2nc(OCC3CCCN3C)nc3cc(-c4cccc5cccc(Cl)c45)cnc23)C[C@@H]1C. The molecule has 212 valence electrons. The Labute approximate surface area is 243 Å². The lowest BCUT2D eigenvalue weighted by atomic mass is 9.99. The molecule has 0 aliphatic carbocycles. The van der Waals surface area contributed by atoms with Crippen LogP contribution in [-0.4, -0.2) is 82.6 Å². The Morgan fingerprint density at radius 2 is 1.98 bits per heavy atom. The first kappa shape index (κ1) is 27.4. The predicted octanol–water partition coefficient (Wildman–Crippen LogP) is 5.49. The zero-order chi connectivity index (χ0) is 28.7. The third-order valence-corrected chi connectivity index (χ3v) is 8.47. The van der Waals surface area contributed by atoms with Crippen molar-refractivity contribution in [2.24, 2.45) is 0 Å². The van der Waals surface area contributed by atoms with Gasteiger partial charge in [0.15, 0.2) is 11.6 Å². The zero-order valence-corrected chi connectivity index (χ0v) is 23.9. The number of hydrogen-bond donors (Lipinski definition) is 0. The number of halogens is 2. The molecule has 6 rings (SSSR count). The van der Waals surface area contributed by atoms with Crippen LogP contribution in [0.1, 0.15) is 19.8 Å². The molecule has 1 amide bonds. The minimum Gasteiger partial charge on any atom is -0.462 e. The summed E-state index contributed by atoms with van der Waals surface area (Å²) in [5, 5.41) is 2.67. The Hall–Kier alpha value is -3.82. The van der Waals surface area contributed by atoms with E-state index in [1.807, 2.05) is 55.6 Å². The summed E-state index contributed by atoms with van der Waals surface area (Å²) in [7, 11) is 2.10. The highest BCUT2D eigenvalue weighted by Gasteiger charge is 2.31. The van der Waals surface area contributed by atoms with Crippen molar-refractivity contribution in [2.75, 3.05) is 44.7 Å². The van der Waals surface area contributed by atoms with E-state index in [0.29, 0.717) is 54.2 Å². The molecule has 2 fully saturated rings. The maximum Gasteiger partial charge on any atom is 0.319 e. The monoisotopic (exact) mass is 574 g/mol. The maximum atomic E-state index is 13.6. The maximum absolute atomic E-state index is 13.6. The molecule has 2 atom stereocenters. The van der Waals surface area contributed by atoms with Crippen LogP contribution >= 0.6 is 11.6 Å². The van der Waals surface area contributed by atoms with Gasteiger partial charge in [0.1, 0.15) is 12.1 Å². The second-order valence-electron chi connectivity index (χ2n) is 10.9. The van der Waals surface area contributed by atoms with E-state index in [9.17, 15) is 9.18 Å². The largest absolute Gasteiger partial charge is 0.462 e. The Morgan fingerprint density at radius 3 is 2.71 bits per heavy atom. The van der Waals surface area contributed by atoms with Gasteiger partial charge in [-0.25, -0.2) is 4.39 Å². The Kier molecular flexibility index (Phi) is 7.48. The molecular formula is C31H32ClFN6O2. The zero-order valence-electron chi connectivity index (χ0n) is 23.2. The number of rotatable bonds is 6. The molecule has 1 unspecified atom stereocenters. The van der Waals surface area contributed by atoms with Gasteiger partial charge in [0, 0.05) is 53.9 Å². The minimum absolute atomic E-state index is 0.248. The summed E-state index contributed by atoms with van der Waals surface area (Å²) in [6.45, 7) is 7.86. The van der Waals surface area contributed by atoms with Crippen molar-refractivity contribution in [2.45, 2.75) is 31.8 Å². The van der Waals surface area contributed by atoms with Crippen molar-refractivity contribution < 1.29 is 13.9 Å². The fraction of sp³-hybridized carbons (Fsp3) is 0.355. The van der Waals surface area contributed by atoms with Gasteiger partial charge < -0.3 is 19.4 Å². The second kappa shape index (κ2) is 11.2. The minimum atomic E-state index is -0.951. The first-order valence-electron chi connectivity index (χ1n) is 13.9. The number of carbonyl (C=O) groups is 1. The molecule has 10 heteroatoms. The highest BCUT2D eigenvalue weighted by molar-refractivity contribution is 6.36. The van der Waals surface area contributed by atoms with E-state index < -0.39 is 11.7 Å². The van der Waals surface area contributed by atoms with Crippen LogP contribution in [0.2, 0.25) is 5.02 Å².